The quantitative estimate of drug-likeness (QED) is 0.615. The maximum Gasteiger partial charge on any atom is 0.180 e. The highest BCUT2D eigenvalue weighted by molar-refractivity contribution is 5.74. The summed E-state index contributed by atoms with van der Waals surface area (Å²) in [4.78, 5) is 13.2. The zero-order chi connectivity index (χ0) is 17.2. The third kappa shape index (κ3) is 2.89. The first-order valence-corrected chi connectivity index (χ1v) is 7.90. The predicted octanol–water partition coefficient (Wildman–Crippen LogP) is 3.85. The molecule has 0 unspecified atom stereocenters. The molecule has 0 spiro atoms. The highest BCUT2D eigenvalue weighted by Gasteiger charge is 2.11. The molecule has 4 rings (SSSR count). The van der Waals surface area contributed by atoms with Crippen LogP contribution in [0.4, 0.5) is 11.5 Å². The molecule has 0 aliphatic rings. The lowest BCUT2D eigenvalue weighted by Gasteiger charge is -2.11. The number of hydrogen-bond acceptors (Lipinski definition) is 5. The van der Waals surface area contributed by atoms with Crippen LogP contribution in [-0.2, 0) is 0 Å². The van der Waals surface area contributed by atoms with E-state index in [-0.39, 0.29) is 0 Å². The van der Waals surface area contributed by atoms with Gasteiger partial charge in [0.05, 0.1) is 25.2 Å². The minimum absolute atomic E-state index is 0.702. The molecule has 6 heteroatoms. The molecule has 1 aromatic carbocycles. The van der Waals surface area contributed by atoms with E-state index in [1.54, 1.807) is 25.7 Å². The zero-order valence-electron chi connectivity index (χ0n) is 14.0. The monoisotopic (exact) mass is 331 g/mol. The molecule has 0 saturated heterocycles. The Morgan fingerprint density at radius 1 is 1.04 bits per heavy atom. The highest BCUT2D eigenvalue weighted by Crippen LogP contribution is 2.26. The molecule has 4 aromatic rings. The number of benzene rings is 1. The summed E-state index contributed by atoms with van der Waals surface area (Å²) in [5, 5.41) is 3.33. The molecule has 1 N–H and O–H groups in total. The standard InChI is InChI=1S/C19H17N5O/c1-13-3-5-15(6-4-13)23-18-19-21-7-8-24(19)17(12-22-18)14-9-16(25-2)11-20-10-14/h3-12H,1-2H3,(H,22,23). The van der Waals surface area contributed by atoms with Crippen LogP contribution in [0.25, 0.3) is 16.9 Å². The van der Waals surface area contributed by atoms with Crippen molar-refractivity contribution in [3.63, 3.8) is 0 Å². The Hall–Kier alpha value is -3.41. The molecular formula is C19H17N5O. The number of ether oxygens (including phenoxy) is 1. The molecule has 0 fully saturated rings. The molecular weight excluding hydrogens is 314 g/mol. The number of nitrogens with zero attached hydrogens (tertiary/aromatic N) is 4. The van der Waals surface area contributed by atoms with Crippen molar-refractivity contribution in [2.24, 2.45) is 0 Å². The molecule has 0 amide bonds. The molecule has 0 saturated carbocycles. The van der Waals surface area contributed by atoms with Gasteiger partial charge in [0.15, 0.2) is 11.5 Å². The van der Waals surface area contributed by atoms with Gasteiger partial charge >= 0.3 is 0 Å². The van der Waals surface area contributed by atoms with E-state index in [9.17, 15) is 0 Å². The van der Waals surface area contributed by atoms with E-state index in [2.05, 4.69) is 39.3 Å². The Morgan fingerprint density at radius 2 is 1.88 bits per heavy atom. The van der Waals surface area contributed by atoms with Crippen molar-refractivity contribution in [1.29, 1.82) is 0 Å². The van der Waals surface area contributed by atoms with Crippen molar-refractivity contribution in [2.75, 3.05) is 12.4 Å². The summed E-state index contributed by atoms with van der Waals surface area (Å²) in [5.41, 5.74) is 4.75. The fourth-order valence-corrected chi connectivity index (χ4v) is 2.66. The van der Waals surface area contributed by atoms with Gasteiger partial charge in [-0.15, -0.1) is 0 Å². The van der Waals surface area contributed by atoms with Crippen LogP contribution in [-0.4, -0.2) is 26.5 Å². The van der Waals surface area contributed by atoms with Crippen molar-refractivity contribution in [3.05, 3.63) is 66.9 Å². The van der Waals surface area contributed by atoms with Gasteiger partial charge in [0, 0.05) is 29.8 Å². The van der Waals surface area contributed by atoms with Gasteiger partial charge in [0.2, 0.25) is 0 Å². The van der Waals surface area contributed by atoms with E-state index in [0.29, 0.717) is 11.6 Å². The van der Waals surface area contributed by atoms with Crippen LogP contribution in [0.3, 0.4) is 0 Å². The number of aryl methyl sites for hydroxylation is 1. The summed E-state index contributed by atoms with van der Waals surface area (Å²) in [7, 11) is 1.63. The predicted molar refractivity (Wildman–Crippen MR) is 97.2 cm³/mol. The second-order valence-electron chi connectivity index (χ2n) is 5.72. The van der Waals surface area contributed by atoms with Gasteiger partial charge in [-0.1, -0.05) is 17.7 Å². The molecule has 6 nitrogen and oxygen atoms in total. The number of pyridine rings is 1. The second-order valence-corrected chi connectivity index (χ2v) is 5.72. The van der Waals surface area contributed by atoms with Gasteiger partial charge in [-0.25, -0.2) is 9.97 Å². The van der Waals surface area contributed by atoms with Gasteiger partial charge < -0.3 is 10.1 Å². The van der Waals surface area contributed by atoms with E-state index in [1.807, 2.05) is 35.0 Å². The maximum atomic E-state index is 5.26. The maximum absolute atomic E-state index is 5.26. The highest BCUT2D eigenvalue weighted by atomic mass is 16.5. The molecule has 124 valence electrons. The topological polar surface area (TPSA) is 64.3 Å². The lowest BCUT2D eigenvalue weighted by atomic mass is 10.2. The average Bonchev–Trinajstić information content (AvgIpc) is 3.14. The number of fused-ring (bicyclic) bond motifs is 1. The van der Waals surface area contributed by atoms with E-state index >= 15 is 0 Å². The van der Waals surface area contributed by atoms with Crippen molar-refractivity contribution < 1.29 is 4.74 Å². The first-order valence-electron chi connectivity index (χ1n) is 7.90. The molecule has 0 radical (unpaired) electrons. The molecule has 0 bridgehead atoms. The molecule has 3 heterocycles. The molecule has 0 aliphatic heterocycles. The van der Waals surface area contributed by atoms with Gasteiger partial charge in [-0.3, -0.25) is 9.38 Å². The fourth-order valence-electron chi connectivity index (χ4n) is 2.66. The summed E-state index contributed by atoms with van der Waals surface area (Å²) in [5.74, 6) is 1.40. The van der Waals surface area contributed by atoms with Crippen LogP contribution in [0.2, 0.25) is 0 Å². The lowest BCUT2D eigenvalue weighted by molar-refractivity contribution is 0.413. The lowest BCUT2D eigenvalue weighted by Crippen LogP contribution is -2.01. The van der Waals surface area contributed by atoms with Gasteiger partial charge in [0.25, 0.3) is 0 Å². The first kappa shape index (κ1) is 15.1. The zero-order valence-corrected chi connectivity index (χ0v) is 14.0. The summed E-state index contributed by atoms with van der Waals surface area (Å²) in [6.07, 6.45) is 8.93. The first-order chi connectivity index (χ1) is 12.2. The number of anilines is 2. The van der Waals surface area contributed by atoms with Gasteiger partial charge in [-0.2, -0.15) is 0 Å². The van der Waals surface area contributed by atoms with Crippen LogP contribution < -0.4 is 10.1 Å². The summed E-state index contributed by atoms with van der Waals surface area (Å²) in [6.45, 7) is 2.06. The summed E-state index contributed by atoms with van der Waals surface area (Å²) in [6, 6.07) is 10.1. The van der Waals surface area contributed by atoms with E-state index in [1.165, 1.54) is 5.56 Å². The minimum atomic E-state index is 0.702. The smallest absolute Gasteiger partial charge is 0.180 e. The van der Waals surface area contributed by atoms with Crippen LogP contribution >= 0.6 is 0 Å². The molecule has 3 aromatic heterocycles. The fraction of sp³-hybridized carbons (Fsp3) is 0.105. The van der Waals surface area contributed by atoms with Crippen LogP contribution in [0.5, 0.6) is 5.75 Å². The van der Waals surface area contributed by atoms with Crippen LogP contribution in [0.1, 0.15) is 5.56 Å². The van der Waals surface area contributed by atoms with Crippen molar-refractivity contribution in [3.8, 4) is 17.0 Å². The summed E-state index contributed by atoms with van der Waals surface area (Å²) < 4.78 is 7.25. The Bertz CT molecular complexity index is 1020. The number of nitrogens with one attached hydrogen (secondary N) is 1. The van der Waals surface area contributed by atoms with Gasteiger partial charge in [0.1, 0.15) is 5.75 Å². The van der Waals surface area contributed by atoms with E-state index in [4.69, 9.17) is 4.74 Å². The number of hydrogen-bond donors (Lipinski definition) is 1. The largest absolute Gasteiger partial charge is 0.495 e. The average molecular weight is 331 g/mol. The van der Waals surface area contributed by atoms with Crippen molar-refractivity contribution in [1.82, 2.24) is 19.4 Å². The van der Waals surface area contributed by atoms with Crippen molar-refractivity contribution >= 4 is 17.2 Å². The summed E-state index contributed by atoms with van der Waals surface area (Å²) >= 11 is 0. The Morgan fingerprint density at radius 3 is 2.68 bits per heavy atom. The minimum Gasteiger partial charge on any atom is -0.495 e. The Kier molecular flexibility index (Phi) is 3.78. The number of methoxy groups -OCH3 is 1. The number of rotatable bonds is 4. The SMILES string of the molecule is COc1cncc(-c2cnc(Nc3ccc(C)cc3)c3nccn23)c1. The Balaban J connectivity index is 1.77. The second kappa shape index (κ2) is 6.24. The van der Waals surface area contributed by atoms with Crippen molar-refractivity contribution in [2.45, 2.75) is 6.92 Å². The third-order valence-electron chi connectivity index (χ3n) is 3.99. The molecule has 25 heavy (non-hydrogen) atoms. The van der Waals surface area contributed by atoms with Crippen LogP contribution in [0.15, 0.2) is 61.3 Å². The molecule has 0 aliphatic carbocycles. The van der Waals surface area contributed by atoms with Gasteiger partial charge in [-0.05, 0) is 25.1 Å². The van der Waals surface area contributed by atoms with E-state index < -0.39 is 0 Å². The molecule has 0 atom stereocenters. The van der Waals surface area contributed by atoms with E-state index in [0.717, 1.165) is 22.6 Å². The number of aromatic nitrogens is 4. The Labute approximate surface area is 145 Å². The third-order valence-corrected chi connectivity index (χ3v) is 3.99. The number of imidazole rings is 1. The van der Waals surface area contributed by atoms with Crippen LogP contribution in [0, 0.1) is 6.92 Å². The normalized spacial score (nSPS) is 10.8.